The number of aromatic nitrogens is 2. The van der Waals surface area contributed by atoms with Gasteiger partial charge in [0.05, 0.1) is 6.04 Å². The van der Waals surface area contributed by atoms with E-state index in [4.69, 9.17) is 0 Å². The number of imidazole rings is 1. The first kappa shape index (κ1) is 8.01. The van der Waals surface area contributed by atoms with Gasteiger partial charge < -0.3 is 10.3 Å². The Morgan fingerprint density at radius 1 is 1.91 bits per heavy atom. The van der Waals surface area contributed by atoms with Crippen molar-refractivity contribution in [1.29, 1.82) is 0 Å². The van der Waals surface area contributed by atoms with E-state index in [-0.39, 0.29) is 6.04 Å². The quantitative estimate of drug-likeness (QED) is 0.636. The minimum atomic E-state index is 0.267. The highest BCUT2D eigenvalue weighted by Crippen LogP contribution is 2.03. The fourth-order valence-corrected chi connectivity index (χ4v) is 0.871. The molecule has 3 nitrogen and oxygen atoms in total. The molecule has 1 aromatic rings. The van der Waals surface area contributed by atoms with Crippen molar-refractivity contribution in [1.82, 2.24) is 15.3 Å². The Bertz CT molecular complexity index is 203. The van der Waals surface area contributed by atoms with E-state index in [9.17, 15) is 0 Å². The van der Waals surface area contributed by atoms with Crippen molar-refractivity contribution in [2.45, 2.75) is 13.0 Å². The van der Waals surface area contributed by atoms with Crippen molar-refractivity contribution >= 4 is 0 Å². The SMILES string of the molecule is C=CCNC(C)c1ncc[nH]1. The molecule has 1 atom stereocenters. The van der Waals surface area contributed by atoms with Crippen molar-refractivity contribution in [3.05, 3.63) is 30.9 Å². The van der Waals surface area contributed by atoms with Crippen LogP contribution in [-0.2, 0) is 0 Å². The zero-order chi connectivity index (χ0) is 8.10. The molecule has 0 saturated carbocycles. The fourth-order valence-electron chi connectivity index (χ4n) is 0.871. The average Bonchev–Trinajstić information content (AvgIpc) is 2.52. The lowest BCUT2D eigenvalue weighted by Gasteiger charge is -2.07. The van der Waals surface area contributed by atoms with Crippen LogP contribution in [0.5, 0.6) is 0 Å². The van der Waals surface area contributed by atoms with Crippen LogP contribution in [-0.4, -0.2) is 16.5 Å². The normalized spacial score (nSPS) is 12.8. The molecular weight excluding hydrogens is 138 g/mol. The van der Waals surface area contributed by atoms with Crippen molar-refractivity contribution in [2.75, 3.05) is 6.54 Å². The number of nitrogens with one attached hydrogen (secondary N) is 2. The van der Waals surface area contributed by atoms with Gasteiger partial charge in [-0.15, -0.1) is 6.58 Å². The van der Waals surface area contributed by atoms with Crippen molar-refractivity contribution in [2.24, 2.45) is 0 Å². The highest BCUT2D eigenvalue weighted by molar-refractivity contribution is 4.94. The molecule has 0 radical (unpaired) electrons. The number of nitrogens with zero attached hydrogens (tertiary/aromatic N) is 1. The van der Waals surface area contributed by atoms with Crippen LogP contribution in [0.25, 0.3) is 0 Å². The Balaban J connectivity index is 2.42. The van der Waals surface area contributed by atoms with E-state index in [0.29, 0.717) is 0 Å². The van der Waals surface area contributed by atoms with Gasteiger partial charge in [0.25, 0.3) is 0 Å². The maximum absolute atomic E-state index is 4.12. The first-order chi connectivity index (χ1) is 5.34. The first-order valence-corrected chi connectivity index (χ1v) is 3.68. The predicted molar refractivity (Wildman–Crippen MR) is 45.2 cm³/mol. The van der Waals surface area contributed by atoms with E-state index in [0.717, 1.165) is 12.4 Å². The summed E-state index contributed by atoms with van der Waals surface area (Å²) in [5.74, 6) is 0.965. The number of H-pyrrole nitrogens is 1. The number of aromatic amines is 1. The number of hydrogen-bond donors (Lipinski definition) is 2. The molecule has 1 unspecified atom stereocenters. The Morgan fingerprint density at radius 3 is 3.27 bits per heavy atom. The molecule has 0 spiro atoms. The monoisotopic (exact) mass is 151 g/mol. The zero-order valence-corrected chi connectivity index (χ0v) is 6.67. The molecule has 0 aliphatic heterocycles. The lowest BCUT2D eigenvalue weighted by molar-refractivity contribution is 0.588. The second-order valence-corrected chi connectivity index (χ2v) is 2.39. The van der Waals surface area contributed by atoms with Gasteiger partial charge in [-0.25, -0.2) is 4.98 Å². The van der Waals surface area contributed by atoms with Crippen LogP contribution in [0.15, 0.2) is 25.0 Å². The van der Waals surface area contributed by atoms with Gasteiger partial charge >= 0.3 is 0 Å². The summed E-state index contributed by atoms with van der Waals surface area (Å²) in [4.78, 5) is 7.15. The molecule has 0 amide bonds. The fraction of sp³-hybridized carbons (Fsp3) is 0.375. The summed E-state index contributed by atoms with van der Waals surface area (Å²) < 4.78 is 0. The minimum absolute atomic E-state index is 0.267. The van der Waals surface area contributed by atoms with Crippen LogP contribution in [0, 0.1) is 0 Å². The van der Waals surface area contributed by atoms with Crippen LogP contribution in [0.4, 0.5) is 0 Å². The topological polar surface area (TPSA) is 40.7 Å². The van der Waals surface area contributed by atoms with Gasteiger partial charge in [0.2, 0.25) is 0 Å². The first-order valence-electron chi connectivity index (χ1n) is 3.68. The molecule has 60 valence electrons. The smallest absolute Gasteiger partial charge is 0.122 e. The summed E-state index contributed by atoms with van der Waals surface area (Å²) in [6, 6.07) is 0.267. The molecule has 1 rings (SSSR count). The van der Waals surface area contributed by atoms with Gasteiger partial charge in [-0.1, -0.05) is 6.08 Å². The van der Waals surface area contributed by atoms with Gasteiger partial charge in [0.15, 0.2) is 0 Å². The molecule has 0 aliphatic carbocycles. The second kappa shape index (κ2) is 3.93. The summed E-state index contributed by atoms with van der Waals surface area (Å²) in [6.45, 7) is 6.49. The Morgan fingerprint density at radius 2 is 2.73 bits per heavy atom. The van der Waals surface area contributed by atoms with Gasteiger partial charge in [-0.3, -0.25) is 0 Å². The highest BCUT2D eigenvalue weighted by atomic mass is 15.0. The van der Waals surface area contributed by atoms with Crippen molar-refractivity contribution < 1.29 is 0 Å². The third-order valence-corrected chi connectivity index (χ3v) is 1.50. The molecule has 0 saturated heterocycles. The molecule has 3 heteroatoms. The lowest BCUT2D eigenvalue weighted by Crippen LogP contribution is -2.19. The third-order valence-electron chi connectivity index (χ3n) is 1.50. The van der Waals surface area contributed by atoms with E-state index in [2.05, 4.69) is 28.8 Å². The van der Waals surface area contributed by atoms with Gasteiger partial charge in [0, 0.05) is 18.9 Å². The summed E-state index contributed by atoms with van der Waals surface area (Å²) in [6.07, 6.45) is 5.41. The average molecular weight is 151 g/mol. The summed E-state index contributed by atoms with van der Waals surface area (Å²) >= 11 is 0. The summed E-state index contributed by atoms with van der Waals surface area (Å²) in [5, 5.41) is 3.22. The Kier molecular flexibility index (Phi) is 2.86. The van der Waals surface area contributed by atoms with E-state index in [1.54, 1.807) is 6.20 Å². The van der Waals surface area contributed by atoms with E-state index in [1.807, 2.05) is 12.3 Å². The molecule has 0 fully saturated rings. The van der Waals surface area contributed by atoms with Gasteiger partial charge in [-0.05, 0) is 6.92 Å². The van der Waals surface area contributed by atoms with Crippen LogP contribution >= 0.6 is 0 Å². The molecule has 11 heavy (non-hydrogen) atoms. The van der Waals surface area contributed by atoms with Crippen molar-refractivity contribution in [3.8, 4) is 0 Å². The highest BCUT2D eigenvalue weighted by Gasteiger charge is 2.03. The standard InChI is InChI=1S/C8H13N3/c1-3-4-9-7(2)8-10-5-6-11-8/h3,5-7,9H,1,4H2,2H3,(H,10,11). The lowest BCUT2D eigenvalue weighted by atomic mass is 10.3. The molecule has 1 aromatic heterocycles. The molecular formula is C8H13N3. The van der Waals surface area contributed by atoms with E-state index < -0.39 is 0 Å². The summed E-state index contributed by atoms with van der Waals surface area (Å²) in [7, 11) is 0. The van der Waals surface area contributed by atoms with Crippen LogP contribution in [0.3, 0.4) is 0 Å². The third kappa shape index (κ3) is 2.20. The van der Waals surface area contributed by atoms with Gasteiger partial charge in [-0.2, -0.15) is 0 Å². The molecule has 0 bridgehead atoms. The largest absolute Gasteiger partial charge is 0.347 e. The maximum atomic E-state index is 4.12. The maximum Gasteiger partial charge on any atom is 0.122 e. The zero-order valence-electron chi connectivity index (χ0n) is 6.67. The van der Waals surface area contributed by atoms with Crippen molar-refractivity contribution in [3.63, 3.8) is 0 Å². The summed E-state index contributed by atoms with van der Waals surface area (Å²) in [5.41, 5.74) is 0. The molecule has 0 aromatic carbocycles. The van der Waals surface area contributed by atoms with E-state index in [1.165, 1.54) is 0 Å². The molecule has 2 N–H and O–H groups in total. The minimum Gasteiger partial charge on any atom is -0.347 e. The predicted octanol–water partition coefficient (Wildman–Crippen LogP) is 1.25. The molecule has 1 heterocycles. The van der Waals surface area contributed by atoms with Crippen LogP contribution in [0.1, 0.15) is 18.8 Å². The number of rotatable bonds is 4. The number of hydrogen-bond acceptors (Lipinski definition) is 2. The Hall–Kier alpha value is -1.09. The van der Waals surface area contributed by atoms with Crippen LogP contribution in [0.2, 0.25) is 0 Å². The molecule has 0 aliphatic rings. The van der Waals surface area contributed by atoms with E-state index >= 15 is 0 Å². The Labute approximate surface area is 66.5 Å². The van der Waals surface area contributed by atoms with Gasteiger partial charge in [0.1, 0.15) is 5.82 Å². The van der Waals surface area contributed by atoms with Crippen LogP contribution < -0.4 is 5.32 Å². The second-order valence-electron chi connectivity index (χ2n) is 2.39.